The molecular weight excluding hydrogens is 974 g/mol. The Bertz CT molecular complexity index is 1700. The number of oxime groups is 3. The largest absolute Gasteiger partial charge is 1.00 e. The Morgan fingerprint density at radius 2 is 1.03 bits per heavy atom. The van der Waals surface area contributed by atoms with E-state index in [9.17, 15) is 28.8 Å². The van der Waals surface area contributed by atoms with Crippen molar-refractivity contribution in [3.63, 3.8) is 0 Å². The normalized spacial score (nSPS) is 19.1. The van der Waals surface area contributed by atoms with Crippen LogP contribution in [0.4, 0.5) is 4.79 Å². The summed E-state index contributed by atoms with van der Waals surface area (Å²) < 4.78 is 20.0. The van der Waals surface area contributed by atoms with Crippen molar-refractivity contribution in [1.29, 1.82) is 0 Å². The van der Waals surface area contributed by atoms with E-state index < -0.39 is 77.9 Å². The third kappa shape index (κ3) is 27.9. The summed E-state index contributed by atoms with van der Waals surface area (Å²) in [6.45, 7) is 19.7. The smallest absolute Gasteiger partial charge is 0.408 e. The van der Waals surface area contributed by atoms with Gasteiger partial charge in [-0.25, -0.2) is 19.2 Å². The Balaban J connectivity index is 0. The molecule has 0 aromatic rings. The maximum Gasteiger partial charge on any atom is 0.408 e. The van der Waals surface area contributed by atoms with Gasteiger partial charge in [0, 0.05) is 25.2 Å². The highest BCUT2D eigenvalue weighted by Gasteiger charge is 2.40. The van der Waals surface area contributed by atoms with E-state index in [2.05, 4.69) is 42.9 Å². The number of amides is 3. The van der Waals surface area contributed by atoms with Crippen molar-refractivity contribution in [3.8, 4) is 0 Å². The zero-order chi connectivity index (χ0) is 50.9. The van der Waals surface area contributed by atoms with Crippen LogP contribution in [0.25, 0.3) is 0 Å². The third-order valence-corrected chi connectivity index (χ3v) is 8.94. The van der Waals surface area contributed by atoms with Crippen molar-refractivity contribution in [2.75, 3.05) is 19.8 Å². The van der Waals surface area contributed by atoms with Gasteiger partial charge in [-0.15, -0.1) is 0 Å². The van der Waals surface area contributed by atoms with Crippen molar-refractivity contribution in [1.82, 2.24) is 16.0 Å². The van der Waals surface area contributed by atoms with Gasteiger partial charge in [0.25, 0.3) is 5.91 Å². The summed E-state index contributed by atoms with van der Waals surface area (Å²) in [5.74, 6) is -3.11. The second-order valence-electron chi connectivity index (χ2n) is 16.4. The van der Waals surface area contributed by atoms with E-state index in [1.807, 2.05) is 27.7 Å². The Labute approximate surface area is 412 Å². The van der Waals surface area contributed by atoms with Crippen LogP contribution in [0.3, 0.4) is 0 Å². The number of halogens is 4. The Kier molecular flexibility index (Phi) is 32.0. The average Bonchev–Trinajstić information content (AvgIpc) is 3.95. The van der Waals surface area contributed by atoms with Gasteiger partial charge < -0.3 is 83.2 Å². The average molecular weight is 1040 g/mol. The molecule has 0 aromatic heterocycles. The highest BCUT2D eigenvalue weighted by atomic mass is 35.5. The first-order chi connectivity index (χ1) is 30.6. The number of carbonyl (C=O) groups excluding carboxylic acids is 7. The Morgan fingerprint density at radius 1 is 0.672 bits per heavy atom. The number of esters is 3. The lowest BCUT2D eigenvalue weighted by atomic mass is 10.0. The van der Waals surface area contributed by atoms with Crippen LogP contribution in [-0.4, -0.2) is 131 Å². The summed E-state index contributed by atoms with van der Waals surface area (Å²) in [4.78, 5) is 96.5. The van der Waals surface area contributed by atoms with Crippen molar-refractivity contribution >= 4 is 92.1 Å². The van der Waals surface area contributed by atoms with Crippen molar-refractivity contribution in [2.24, 2.45) is 27.3 Å². The number of hydrogen-bond acceptors (Lipinski definition) is 18. The lowest BCUT2D eigenvalue weighted by Crippen LogP contribution is -3.00. The minimum absolute atomic E-state index is 0. The van der Waals surface area contributed by atoms with Crippen molar-refractivity contribution in [3.05, 3.63) is 0 Å². The molecule has 3 aliphatic rings. The SMILES string of the molecule is CC(=O)[O-].CCOC(=O)[C@@H](NC(=O)[C@@H](CC(C)C)NC(=O)OC(C)(C)C)[C@@H]1CC(Cl)=NO1.CCOC(=O)[C@@H](NC(=O)[C@H]([NH3+])CC(C)C)[C@@H]1CC(Cl)=NO1.CCOC(=O)[C@@H]([NH3+])[C@@H]1CC(Cl)=NO1.[Cl-]. The molecule has 67 heavy (non-hydrogen) atoms. The molecule has 0 saturated carbocycles. The van der Waals surface area contributed by atoms with E-state index >= 15 is 0 Å². The van der Waals surface area contributed by atoms with Crippen LogP contribution < -0.4 is 44.9 Å². The molecule has 0 radical (unpaired) electrons. The molecule has 0 saturated heterocycles. The molecule has 0 aromatic carbocycles. The number of rotatable bonds is 18. The number of nitrogens with one attached hydrogen (secondary N) is 3. The lowest BCUT2D eigenvalue weighted by Gasteiger charge is -2.26. The van der Waals surface area contributed by atoms with Gasteiger partial charge in [-0.1, -0.05) is 78.0 Å². The molecule has 0 unspecified atom stereocenters. The topological polar surface area (TPSA) is 336 Å². The summed E-state index contributed by atoms with van der Waals surface area (Å²) in [5.41, 5.74) is 6.75. The van der Waals surface area contributed by atoms with Crippen LogP contribution in [0, 0.1) is 11.8 Å². The fraction of sp³-hybridized carbons (Fsp3) is 0.750. The van der Waals surface area contributed by atoms with E-state index in [1.165, 1.54) is 0 Å². The van der Waals surface area contributed by atoms with E-state index in [-0.39, 0.29) is 72.7 Å². The fourth-order valence-corrected chi connectivity index (χ4v) is 6.07. The van der Waals surface area contributed by atoms with Crippen LogP contribution in [-0.2, 0) is 62.2 Å². The van der Waals surface area contributed by atoms with E-state index in [0.717, 1.165) is 6.92 Å². The van der Waals surface area contributed by atoms with Gasteiger partial charge in [-0.2, -0.15) is 0 Å². The monoisotopic (exact) mass is 1040 g/mol. The first-order valence-corrected chi connectivity index (χ1v) is 22.4. The Morgan fingerprint density at radius 3 is 1.36 bits per heavy atom. The number of ether oxygens (including phenoxy) is 4. The zero-order valence-corrected chi connectivity index (χ0v) is 42.8. The molecule has 3 amide bonds. The van der Waals surface area contributed by atoms with Gasteiger partial charge in [-0.05, 0) is 66.7 Å². The summed E-state index contributed by atoms with van der Waals surface area (Å²) in [6.07, 6.45) is -0.696. The summed E-state index contributed by atoms with van der Waals surface area (Å²) in [5, 5.41) is 28.2. The van der Waals surface area contributed by atoms with Crippen molar-refractivity contribution in [2.45, 2.75) is 162 Å². The number of aliphatic carboxylic acids is 1. The fourth-order valence-electron chi connectivity index (χ4n) is 5.50. The van der Waals surface area contributed by atoms with Crippen LogP contribution in [0.2, 0.25) is 0 Å². The minimum atomic E-state index is -1.11. The maximum atomic E-state index is 12.8. The first kappa shape index (κ1) is 64.7. The molecular formula is C40H68Cl4N8O15. The molecule has 3 aliphatic heterocycles. The molecule has 23 nitrogen and oxygen atoms in total. The predicted octanol–water partition coefficient (Wildman–Crippen LogP) is -2.39. The van der Waals surface area contributed by atoms with Crippen LogP contribution in [0.5, 0.6) is 0 Å². The second-order valence-corrected chi connectivity index (χ2v) is 17.7. The molecule has 3 rings (SSSR count). The van der Waals surface area contributed by atoms with E-state index in [1.54, 1.807) is 41.5 Å². The third-order valence-electron chi connectivity index (χ3n) is 8.27. The quantitative estimate of drug-likeness (QED) is 0.0707. The summed E-state index contributed by atoms with van der Waals surface area (Å²) in [6, 6.07) is -3.96. The van der Waals surface area contributed by atoms with Gasteiger partial charge >= 0.3 is 24.0 Å². The highest BCUT2D eigenvalue weighted by molar-refractivity contribution is 6.66. The molecule has 27 heteroatoms. The van der Waals surface area contributed by atoms with Crippen LogP contribution >= 0.6 is 34.8 Å². The van der Waals surface area contributed by atoms with Gasteiger partial charge in [0.1, 0.15) is 27.2 Å². The summed E-state index contributed by atoms with van der Waals surface area (Å²) in [7, 11) is 0. The molecule has 9 N–H and O–H groups in total. The number of quaternary nitrogens is 2. The molecule has 8 atom stereocenters. The first-order valence-electron chi connectivity index (χ1n) is 21.2. The van der Waals surface area contributed by atoms with Crippen LogP contribution in [0.15, 0.2) is 15.5 Å². The second kappa shape index (κ2) is 33.1. The van der Waals surface area contributed by atoms with Gasteiger partial charge in [-0.3, -0.25) is 9.59 Å². The molecule has 0 bridgehead atoms. The molecule has 0 spiro atoms. The number of carboxylic acid groups (broad SMARTS) is 1. The number of carboxylic acids is 1. The van der Waals surface area contributed by atoms with Gasteiger partial charge in [0.2, 0.25) is 11.9 Å². The highest BCUT2D eigenvalue weighted by Crippen LogP contribution is 2.20. The lowest BCUT2D eigenvalue weighted by molar-refractivity contribution is -0.426. The predicted molar refractivity (Wildman–Crippen MR) is 238 cm³/mol. The standard InChI is InChI=1S/C18H30ClN3O6.C13H22ClN3O4.C7H11ClN2O3.C2H4O2.ClH/c1-7-26-16(24)14(12-9-13(19)22-28-12)21-15(23)11(8-10(2)3)20-17(25)27-18(4,5)6;1-4-20-13(19)11(9-6-10(14)17-21-9)16-12(18)8(15)5-7(2)3;1-2-12-7(11)6(9)4-3-5(8)10-13-4;1-2(3)4;/h10-12,14H,7-9H2,1-6H3,(H,20,25)(H,21,23);7-9,11H,4-6,15H2,1-3H3,(H,16,18);4,6H,2-3,9H2,1H3;1H3,(H,3,4);1H/t11-,12+,14+;8-,9+,11+;4-,6-;;/m110../s1. The zero-order valence-electron chi connectivity index (χ0n) is 39.8. The molecule has 0 fully saturated rings. The van der Waals surface area contributed by atoms with Gasteiger partial charge in [0.15, 0.2) is 36.4 Å². The Hall–Kier alpha value is -4.42. The summed E-state index contributed by atoms with van der Waals surface area (Å²) >= 11 is 17.1. The number of carbonyl (C=O) groups is 7. The number of hydrogen-bond donors (Lipinski definition) is 5. The van der Waals surface area contributed by atoms with E-state index in [4.69, 9.17) is 78.2 Å². The van der Waals surface area contributed by atoms with Crippen molar-refractivity contribution < 1.29 is 96.0 Å². The molecule has 386 valence electrons. The maximum absolute atomic E-state index is 12.8. The minimum Gasteiger partial charge on any atom is -1.00 e. The van der Waals surface area contributed by atoms with Gasteiger partial charge in [0.05, 0.1) is 26.2 Å². The number of nitrogens with zero attached hydrogens (tertiary/aromatic N) is 3. The van der Waals surface area contributed by atoms with E-state index in [0.29, 0.717) is 37.0 Å². The molecule has 3 heterocycles. The molecule has 0 aliphatic carbocycles. The van der Waals surface area contributed by atoms with Crippen LogP contribution in [0.1, 0.15) is 108 Å². The number of alkyl carbamates (subject to hydrolysis) is 1.